The predicted octanol–water partition coefficient (Wildman–Crippen LogP) is 2.70. The second-order valence-electron chi connectivity index (χ2n) is 6.57. The van der Waals surface area contributed by atoms with E-state index in [9.17, 15) is 0 Å². The molecular weight excluding hydrogens is 388 g/mol. The van der Waals surface area contributed by atoms with Gasteiger partial charge in [0, 0.05) is 26.2 Å². The second-order valence-corrected chi connectivity index (χ2v) is 6.57. The standard InChI is InChI=1S/C22H32N2O6/c1-25-17-9-15(10-18(26-2)21(17)29-5)13-24(8-7-23)14-16-11-19(27-3)22(30-6)20(12-16)28-4/h9-12H,7-8,13-14,23H2,1-6H3. The molecule has 0 aromatic heterocycles. The van der Waals surface area contributed by atoms with Crippen LogP contribution in [0.1, 0.15) is 11.1 Å². The molecule has 8 nitrogen and oxygen atoms in total. The van der Waals surface area contributed by atoms with Crippen LogP contribution in [0.15, 0.2) is 24.3 Å². The van der Waals surface area contributed by atoms with Gasteiger partial charge in [0.05, 0.1) is 42.7 Å². The molecule has 0 fully saturated rings. The molecule has 2 aromatic rings. The quantitative estimate of drug-likeness (QED) is 0.561. The smallest absolute Gasteiger partial charge is 0.203 e. The lowest BCUT2D eigenvalue weighted by Crippen LogP contribution is -2.28. The van der Waals surface area contributed by atoms with Gasteiger partial charge in [-0.2, -0.15) is 0 Å². The summed E-state index contributed by atoms with van der Waals surface area (Å²) in [7, 11) is 9.60. The van der Waals surface area contributed by atoms with Crippen molar-refractivity contribution in [1.29, 1.82) is 0 Å². The van der Waals surface area contributed by atoms with E-state index in [0.29, 0.717) is 60.7 Å². The average Bonchev–Trinajstić information content (AvgIpc) is 2.77. The fourth-order valence-corrected chi connectivity index (χ4v) is 3.37. The van der Waals surface area contributed by atoms with E-state index in [1.54, 1.807) is 42.7 Å². The van der Waals surface area contributed by atoms with Crippen molar-refractivity contribution < 1.29 is 28.4 Å². The Morgan fingerprint density at radius 2 is 0.933 bits per heavy atom. The summed E-state index contributed by atoms with van der Waals surface area (Å²) < 4.78 is 32.7. The van der Waals surface area contributed by atoms with Gasteiger partial charge in [-0.3, -0.25) is 4.90 Å². The second kappa shape index (κ2) is 11.4. The van der Waals surface area contributed by atoms with Crippen molar-refractivity contribution in [3.63, 3.8) is 0 Å². The minimum Gasteiger partial charge on any atom is -0.493 e. The van der Waals surface area contributed by atoms with Crippen molar-refractivity contribution >= 4 is 0 Å². The number of nitrogens with zero attached hydrogens (tertiary/aromatic N) is 1. The van der Waals surface area contributed by atoms with Gasteiger partial charge in [-0.1, -0.05) is 0 Å². The highest BCUT2D eigenvalue weighted by atomic mass is 16.5. The molecule has 0 radical (unpaired) electrons. The number of benzene rings is 2. The summed E-state index contributed by atoms with van der Waals surface area (Å²) in [6, 6.07) is 7.78. The third kappa shape index (κ3) is 5.40. The predicted molar refractivity (Wildman–Crippen MR) is 115 cm³/mol. The Morgan fingerprint density at radius 1 is 0.600 bits per heavy atom. The molecule has 0 aliphatic heterocycles. The SMILES string of the molecule is COc1cc(CN(CCN)Cc2cc(OC)c(OC)c(OC)c2)cc(OC)c1OC. The highest BCUT2D eigenvalue weighted by Gasteiger charge is 2.17. The number of nitrogens with two attached hydrogens (primary N) is 1. The zero-order valence-electron chi connectivity index (χ0n) is 18.6. The molecule has 0 saturated carbocycles. The molecule has 0 heterocycles. The zero-order chi connectivity index (χ0) is 22.1. The normalized spacial score (nSPS) is 10.7. The number of rotatable bonds is 12. The van der Waals surface area contributed by atoms with E-state index in [-0.39, 0.29) is 0 Å². The Balaban J connectivity index is 2.33. The number of ether oxygens (including phenoxy) is 6. The minimum atomic E-state index is 0.523. The van der Waals surface area contributed by atoms with E-state index in [2.05, 4.69) is 4.90 Å². The summed E-state index contributed by atoms with van der Waals surface area (Å²) in [6.07, 6.45) is 0. The Morgan fingerprint density at radius 3 is 1.17 bits per heavy atom. The van der Waals surface area contributed by atoms with Crippen LogP contribution in [0, 0.1) is 0 Å². The van der Waals surface area contributed by atoms with Crippen LogP contribution in [0.5, 0.6) is 34.5 Å². The molecule has 30 heavy (non-hydrogen) atoms. The van der Waals surface area contributed by atoms with Crippen molar-refractivity contribution in [2.75, 3.05) is 55.7 Å². The molecule has 0 bridgehead atoms. The third-order valence-electron chi connectivity index (χ3n) is 4.71. The summed E-state index contributed by atoms with van der Waals surface area (Å²) in [5, 5.41) is 0. The maximum absolute atomic E-state index is 5.87. The summed E-state index contributed by atoms with van der Waals surface area (Å²) in [5.41, 5.74) is 7.91. The number of hydrogen-bond acceptors (Lipinski definition) is 8. The van der Waals surface area contributed by atoms with Gasteiger partial charge in [0.2, 0.25) is 11.5 Å². The molecule has 2 rings (SSSR count). The lowest BCUT2D eigenvalue weighted by molar-refractivity contribution is 0.260. The third-order valence-corrected chi connectivity index (χ3v) is 4.71. The van der Waals surface area contributed by atoms with Crippen LogP contribution in [-0.2, 0) is 13.1 Å². The maximum Gasteiger partial charge on any atom is 0.203 e. The Hall–Kier alpha value is -2.84. The van der Waals surface area contributed by atoms with Crippen LogP contribution in [0.2, 0.25) is 0 Å². The van der Waals surface area contributed by atoms with Crippen molar-refractivity contribution in [2.24, 2.45) is 5.73 Å². The van der Waals surface area contributed by atoms with Crippen LogP contribution in [0.3, 0.4) is 0 Å². The summed E-state index contributed by atoms with van der Waals surface area (Å²) in [6.45, 7) is 2.51. The molecule has 2 aromatic carbocycles. The maximum atomic E-state index is 5.87. The van der Waals surface area contributed by atoms with Gasteiger partial charge in [-0.05, 0) is 35.4 Å². The van der Waals surface area contributed by atoms with Crippen molar-refractivity contribution in [3.8, 4) is 34.5 Å². The molecule has 0 saturated heterocycles. The van der Waals surface area contributed by atoms with E-state index in [0.717, 1.165) is 11.1 Å². The van der Waals surface area contributed by atoms with Crippen LogP contribution >= 0.6 is 0 Å². The molecule has 2 N–H and O–H groups in total. The molecule has 166 valence electrons. The molecule has 0 unspecified atom stereocenters. The van der Waals surface area contributed by atoms with E-state index < -0.39 is 0 Å². The largest absolute Gasteiger partial charge is 0.493 e. The van der Waals surface area contributed by atoms with Crippen LogP contribution in [-0.4, -0.2) is 60.6 Å². The van der Waals surface area contributed by atoms with Crippen LogP contribution < -0.4 is 34.2 Å². The zero-order valence-corrected chi connectivity index (χ0v) is 18.6. The molecule has 0 spiro atoms. The average molecular weight is 421 g/mol. The lowest BCUT2D eigenvalue weighted by Gasteiger charge is -2.24. The molecular formula is C22H32N2O6. The number of hydrogen-bond donors (Lipinski definition) is 1. The highest BCUT2D eigenvalue weighted by Crippen LogP contribution is 2.40. The fourth-order valence-electron chi connectivity index (χ4n) is 3.37. The van der Waals surface area contributed by atoms with Gasteiger partial charge in [-0.25, -0.2) is 0 Å². The van der Waals surface area contributed by atoms with Crippen LogP contribution in [0.25, 0.3) is 0 Å². The molecule has 0 aliphatic rings. The van der Waals surface area contributed by atoms with Gasteiger partial charge in [-0.15, -0.1) is 0 Å². The first-order valence-electron chi connectivity index (χ1n) is 9.55. The van der Waals surface area contributed by atoms with Gasteiger partial charge in [0.25, 0.3) is 0 Å². The number of methoxy groups -OCH3 is 6. The van der Waals surface area contributed by atoms with Crippen molar-refractivity contribution in [1.82, 2.24) is 4.90 Å². The van der Waals surface area contributed by atoms with Crippen molar-refractivity contribution in [2.45, 2.75) is 13.1 Å². The minimum absolute atomic E-state index is 0.523. The summed E-state index contributed by atoms with van der Waals surface area (Å²) >= 11 is 0. The first-order valence-corrected chi connectivity index (χ1v) is 9.55. The van der Waals surface area contributed by atoms with Gasteiger partial charge in [0.15, 0.2) is 23.0 Å². The summed E-state index contributed by atoms with van der Waals surface area (Å²) in [5.74, 6) is 3.61. The topological polar surface area (TPSA) is 84.6 Å². The van der Waals surface area contributed by atoms with E-state index >= 15 is 0 Å². The fraction of sp³-hybridized carbons (Fsp3) is 0.455. The summed E-state index contributed by atoms with van der Waals surface area (Å²) in [4.78, 5) is 2.22. The van der Waals surface area contributed by atoms with E-state index in [1.807, 2.05) is 24.3 Å². The van der Waals surface area contributed by atoms with Crippen molar-refractivity contribution in [3.05, 3.63) is 35.4 Å². The molecule has 8 heteroatoms. The monoisotopic (exact) mass is 420 g/mol. The Bertz CT molecular complexity index is 712. The lowest BCUT2D eigenvalue weighted by atomic mass is 10.1. The molecule has 0 amide bonds. The Kier molecular flexibility index (Phi) is 8.89. The first kappa shape index (κ1) is 23.4. The molecule has 0 aliphatic carbocycles. The Labute approximate surface area is 178 Å². The van der Waals surface area contributed by atoms with Gasteiger partial charge >= 0.3 is 0 Å². The highest BCUT2D eigenvalue weighted by molar-refractivity contribution is 5.55. The molecule has 0 atom stereocenters. The van der Waals surface area contributed by atoms with Gasteiger partial charge < -0.3 is 34.2 Å². The van der Waals surface area contributed by atoms with E-state index in [4.69, 9.17) is 34.2 Å². The van der Waals surface area contributed by atoms with E-state index in [1.165, 1.54) is 0 Å². The van der Waals surface area contributed by atoms with Gasteiger partial charge in [0.1, 0.15) is 0 Å². The first-order chi connectivity index (χ1) is 14.5. The van der Waals surface area contributed by atoms with Crippen LogP contribution in [0.4, 0.5) is 0 Å².